The van der Waals surface area contributed by atoms with E-state index in [1.165, 1.54) is 37.8 Å². The SMILES string of the molecule is Cl.O=C(CCN1CC2CCC(CC2)C1)c1ccc(C(F)(F)F)cc1. The predicted octanol–water partition coefficient (Wildman–Crippen LogP) is 4.82. The lowest BCUT2D eigenvalue weighted by atomic mass is 9.84. The molecule has 0 spiro atoms. The lowest BCUT2D eigenvalue weighted by Gasteiger charge is -2.21. The maximum atomic E-state index is 12.5. The number of rotatable bonds is 4. The zero-order valence-corrected chi connectivity index (χ0v) is 14.3. The van der Waals surface area contributed by atoms with E-state index in [2.05, 4.69) is 4.90 Å². The van der Waals surface area contributed by atoms with E-state index >= 15 is 0 Å². The Hall–Kier alpha value is -1.07. The van der Waals surface area contributed by atoms with Gasteiger partial charge in [0.2, 0.25) is 0 Å². The van der Waals surface area contributed by atoms with Crippen molar-refractivity contribution in [1.82, 2.24) is 4.90 Å². The van der Waals surface area contributed by atoms with Gasteiger partial charge in [-0.3, -0.25) is 4.79 Å². The maximum absolute atomic E-state index is 12.5. The quantitative estimate of drug-likeness (QED) is 0.716. The van der Waals surface area contributed by atoms with Gasteiger partial charge in [-0.25, -0.2) is 0 Å². The molecule has 0 amide bonds. The Morgan fingerprint density at radius 1 is 1.00 bits per heavy atom. The number of ketones is 1. The summed E-state index contributed by atoms with van der Waals surface area (Å²) in [4.78, 5) is 14.6. The van der Waals surface area contributed by atoms with Gasteiger partial charge in [-0.1, -0.05) is 12.1 Å². The van der Waals surface area contributed by atoms with Crippen molar-refractivity contribution in [2.45, 2.75) is 38.3 Å². The van der Waals surface area contributed by atoms with Gasteiger partial charge in [0.25, 0.3) is 0 Å². The van der Waals surface area contributed by atoms with Crippen LogP contribution in [-0.2, 0) is 6.18 Å². The van der Waals surface area contributed by atoms with Gasteiger partial charge in [0, 0.05) is 31.6 Å². The molecule has 134 valence electrons. The zero-order chi connectivity index (χ0) is 16.4. The van der Waals surface area contributed by atoms with Crippen LogP contribution in [0.25, 0.3) is 0 Å². The zero-order valence-electron chi connectivity index (χ0n) is 13.5. The summed E-state index contributed by atoms with van der Waals surface area (Å²) in [6.45, 7) is 2.85. The molecule has 0 atom stereocenters. The van der Waals surface area contributed by atoms with E-state index < -0.39 is 11.7 Å². The summed E-state index contributed by atoms with van der Waals surface area (Å²) in [6, 6.07) is 4.55. The molecule has 6 heteroatoms. The Kier molecular flexibility index (Phi) is 6.32. The van der Waals surface area contributed by atoms with Gasteiger partial charge in [0.1, 0.15) is 0 Å². The monoisotopic (exact) mass is 361 g/mol. The average Bonchev–Trinajstić information content (AvgIpc) is 2.84. The van der Waals surface area contributed by atoms with Crippen LogP contribution in [0.2, 0.25) is 0 Å². The highest BCUT2D eigenvalue weighted by Crippen LogP contribution is 2.34. The molecule has 1 saturated carbocycles. The fourth-order valence-corrected chi connectivity index (χ4v) is 3.83. The summed E-state index contributed by atoms with van der Waals surface area (Å²) in [5.74, 6) is 1.44. The van der Waals surface area contributed by atoms with Crippen LogP contribution in [0.4, 0.5) is 13.2 Å². The van der Waals surface area contributed by atoms with Crippen molar-refractivity contribution in [1.29, 1.82) is 0 Å². The van der Waals surface area contributed by atoms with Gasteiger partial charge in [-0.05, 0) is 49.7 Å². The molecule has 2 nitrogen and oxygen atoms in total. The second-order valence-corrected chi connectivity index (χ2v) is 6.89. The molecule has 1 aliphatic carbocycles. The summed E-state index contributed by atoms with van der Waals surface area (Å²) < 4.78 is 37.6. The van der Waals surface area contributed by atoms with Crippen LogP contribution in [0.5, 0.6) is 0 Å². The number of fused-ring (bicyclic) bond motifs is 4. The molecule has 24 heavy (non-hydrogen) atoms. The van der Waals surface area contributed by atoms with Crippen molar-refractivity contribution in [3.8, 4) is 0 Å². The molecule has 2 saturated heterocycles. The molecule has 0 unspecified atom stereocenters. The standard InChI is InChI=1S/C18H22F3NO.ClH/c19-18(20,21)16-7-5-15(6-8-16)17(23)9-10-22-11-13-1-2-14(12-22)4-3-13;/h5-8,13-14H,1-4,9-12H2;1H. The minimum atomic E-state index is -4.35. The van der Waals surface area contributed by atoms with E-state index in [4.69, 9.17) is 0 Å². The van der Waals surface area contributed by atoms with Gasteiger partial charge < -0.3 is 4.90 Å². The number of halogens is 4. The van der Waals surface area contributed by atoms with Crippen molar-refractivity contribution >= 4 is 18.2 Å². The predicted molar refractivity (Wildman–Crippen MR) is 89.5 cm³/mol. The Morgan fingerprint density at radius 2 is 1.50 bits per heavy atom. The number of nitrogens with zero attached hydrogens (tertiary/aromatic N) is 1. The van der Waals surface area contributed by atoms with E-state index in [-0.39, 0.29) is 18.2 Å². The van der Waals surface area contributed by atoms with Crippen LogP contribution >= 0.6 is 12.4 Å². The van der Waals surface area contributed by atoms with Crippen molar-refractivity contribution in [3.63, 3.8) is 0 Å². The van der Waals surface area contributed by atoms with Crippen molar-refractivity contribution in [2.24, 2.45) is 11.8 Å². The molecule has 2 aliphatic heterocycles. The van der Waals surface area contributed by atoms with Gasteiger partial charge >= 0.3 is 6.18 Å². The van der Waals surface area contributed by atoms with Gasteiger partial charge in [-0.2, -0.15) is 13.2 Å². The van der Waals surface area contributed by atoms with Crippen LogP contribution in [0.1, 0.15) is 48.0 Å². The molecule has 2 bridgehead atoms. The van der Waals surface area contributed by atoms with Crippen LogP contribution in [0.15, 0.2) is 24.3 Å². The van der Waals surface area contributed by atoms with Gasteiger partial charge in [0.05, 0.1) is 5.56 Å². The molecule has 0 N–H and O–H groups in total. The molecule has 0 aromatic heterocycles. The second kappa shape index (κ2) is 7.87. The highest BCUT2D eigenvalue weighted by atomic mass is 35.5. The smallest absolute Gasteiger partial charge is 0.302 e. The summed E-state index contributed by atoms with van der Waals surface area (Å²) in [7, 11) is 0. The summed E-state index contributed by atoms with van der Waals surface area (Å²) in [5, 5.41) is 0. The third-order valence-corrected chi connectivity index (χ3v) is 5.19. The number of hydrogen-bond donors (Lipinski definition) is 0. The van der Waals surface area contributed by atoms with Crippen LogP contribution in [0, 0.1) is 11.8 Å². The Morgan fingerprint density at radius 3 is 1.96 bits per heavy atom. The highest BCUT2D eigenvalue weighted by molar-refractivity contribution is 5.96. The largest absolute Gasteiger partial charge is 0.416 e. The number of benzene rings is 1. The third-order valence-electron chi connectivity index (χ3n) is 5.19. The molecular weight excluding hydrogens is 339 g/mol. The Bertz CT molecular complexity index is 536. The first-order valence-corrected chi connectivity index (χ1v) is 8.34. The topological polar surface area (TPSA) is 20.3 Å². The first kappa shape index (κ1) is 19.3. The first-order chi connectivity index (χ1) is 10.9. The molecule has 1 aromatic carbocycles. The van der Waals surface area contributed by atoms with Crippen LogP contribution in [0.3, 0.4) is 0 Å². The van der Waals surface area contributed by atoms with E-state index in [0.717, 1.165) is 37.1 Å². The van der Waals surface area contributed by atoms with Gasteiger partial charge in [0.15, 0.2) is 5.78 Å². The van der Waals surface area contributed by atoms with Crippen molar-refractivity contribution in [3.05, 3.63) is 35.4 Å². The maximum Gasteiger partial charge on any atom is 0.416 e. The van der Waals surface area contributed by atoms with E-state index in [9.17, 15) is 18.0 Å². The highest BCUT2D eigenvalue weighted by Gasteiger charge is 2.31. The van der Waals surface area contributed by atoms with Crippen LogP contribution in [-0.4, -0.2) is 30.3 Å². The number of alkyl halides is 3. The fourth-order valence-electron chi connectivity index (χ4n) is 3.83. The third kappa shape index (κ3) is 4.73. The van der Waals surface area contributed by atoms with Crippen molar-refractivity contribution in [2.75, 3.05) is 19.6 Å². The molecule has 0 radical (unpaired) electrons. The summed E-state index contributed by atoms with van der Waals surface area (Å²) in [5.41, 5.74) is -0.339. The summed E-state index contributed by atoms with van der Waals surface area (Å²) >= 11 is 0. The lowest BCUT2D eigenvalue weighted by molar-refractivity contribution is -0.137. The van der Waals surface area contributed by atoms with Crippen molar-refractivity contribution < 1.29 is 18.0 Å². The van der Waals surface area contributed by atoms with E-state index in [1.807, 2.05) is 0 Å². The minimum Gasteiger partial charge on any atom is -0.302 e. The molecule has 4 rings (SSSR count). The lowest BCUT2D eigenvalue weighted by Crippen LogP contribution is -2.30. The molecule has 2 heterocycles. The average molecular weight is 362 g/mol. The molecular formula is C18H23ClF3NO. The molecule has 3 fully saturated rings. The number of Topliss-reactive ketones (excluding diaryl/α,β-unsaturated/α-hetero) is 1. The normalized spacial score (nSPS) is 24.3. The van der Waals surface area contributed by atoms with Crippen LogP contribution < -0.4 is 0 Å². The molecule has 3 aliphatic rings. The fraction of sp³-hybridized carbons (Fsp3) is 0.611. The molecule has 1 aromatic rings. The van der Waals surface area contributed by atoms with E-state index in [0.29, 0.717) is 18.5 Å². The first-order valence-electron chi connectivity index (χ1n) is 8.34. The Balaban J connectivity index is 0.00000208. The van der Waals surface area contributed by atoms with Gasteiger partial charge in [-0.15, -0.1) is 12.4 Å². The Labute approximate surface area is 146 Å². The second-order valence-electron chi connectivity index (χ2n) is 6.89. The van der Waals surface area contributed by atoms with E-state index in [1.54, 1.807) is 0 Å². The summed E-state index contributed by atoms with van der Waals surface area (Å²) in [6.07, 6.45) is 1.22. The minimum absolute atomic E-state index is 0. The number of carbonyl (C=O) groups excluding carboxylic acids is 1. The number of hydrogen-bond acceptors (Lipinski definition) is 2. The number of carbonyl (C=O) groups is 1.